The Morgan fingerprint density at radius 2 is 1.82 bits per heavy atom. The number of rotatable bonds is 7. The van der Waals surface area contributed by atoms with Gasteiger partial charge in [0.1, 0.15) is 0 Å². The molecule has 1 aliphatic heterocycles. The predicted molar refractivity (Wildman–Crippen MR) is 162 cm³/mol. The summed E-state index contributed by atoms with van der Waals surface area (Å²) < 4.78 is 12.7. The number of nitrogens with zero attached hydrogens (tertiary/aromatic N) is 1. The number of amides is 2. The molecule has 4 rings (SSSR count). The lowest BCUT2D eigenvalue weighted by atomic mass is 10.1. The summed E-state index contributed by atoms with van der Waals surface area (Å²) in [5.41, 5.74) is 6.43. The van der Waals surface area contributed by atoms with Crippen molar-refractivity contribution < 1.29 is 19.1 Å². The Kier molecular flexibility index (Phi) is 8.60. The topological polar surface area (TPSA) is 67.9 Å². The highest BCUT2D eigenvalue weighted by molar-refractivity contribution is 9.10. The molecule has 3 aromatic rings. The van der Waals surface area contributed by atoms with Crippen molar-refractivity contribution in [2.24, 2.45) is 0 Å². The van der Waals surface area contributed by atoms with E-state index in [0.717, 1.165) is 43.7 Å². The Morgan fingerprint density at radius 1 is 1.05 bits per heavy atom. The Bertz CT molecular complexity index is 1490. The van der Waals surface area contributed by atoms with Crippen LogP contribution >= 0.6 is 39.9 Å². The van der Waals surface area contributed by atoms with Gasteiger partial charge in [0.15, 0.2) is 22.4 Å². The first-order chi connectivity index (χ1) is 18.1. The van der Waals surface area contributed by atoms with Crippen molar-refractivity contribution in [3.8, 4) is 11.5 Å². The Labute approximate surface area is 240 Å². The number of ether oxygens (including phenoxy) is 2. The highest BCUT2D eigenvalue weighted by atomic mass is 79.9. The number of halogens is 1. The van der Waals surface area contributed by atoms with E-state index in [2.05, 4.69) is 21.2 Å². The summed E-state index contributed by atoms with van der Waals surface area (Å²) >= 11 is 10.3. The maximum atomic E-state index is 13.2. The number of nitrogens with one attached hydrogen (secondary N) is 1. The third-order valence-electron chi connectivity index (χ3n) is 6.23. The molecule has 0 radical (unpaired) electrons. The predicted octanol–water partition coefficient (Wildman–Crippen LogP) is 7.11. The van der Waals surface area contributed by atoms with Crippen molar-refractivity contribution in [3.63, 3.8) is 0 Å². The maximum Gasteiger partial charge on any atom is 0.270 e. The van der Waals surface area contributed by atoms with Gasteiger partial charge in [0, 0.05) is 10.2 Å². The fourth-order valence-corrected chi connectivity index (χ4v) is 5.74. The van der Waals surface area contributed by atoms with Gasteiger partial charge in [0.2, 0.25) is 0 Å². The van der Waals surface area contributed by atoms with Crippen LogP contribution in [0.3, 0.4) is 0 Å². The van der Waals surface area contributed by atoms with E-state index in [1.807, 2.05) is 64.1 Å². The van der Waals surface area contributed by atoms with Gasteiger partial charge in [-0.1, -0.05) is 63.7 Å². The lowest BCUT2D eigenvalue weighted by Gasteiger charge is -2.17. The molecule has 3 aromatic carbocycles. The number of carbonyl (C=O) groups excluding carboxylic acids is 2. The van der Waals surface area contributed by atoms with Gasteiger partial charge in [0.05, 0.1) is 17.7 Å². The standard InChI is InChI=1S/C29H27BrN2O4S2/c1-16-6-10-23(17(2)12-16)32-28(34)26(38-29(32)37)14-20-7-11-24(25(13-20)35-5)36-15-27(33)31-22-9-8-21(30)18(3)19(22)4/h6-14H,15H2,1-5H3,(H,31,33)/b26-14-. The molecule has 0 atom stereocenters. The van der Waals surface area contributed by atoms with E-state index >= 15 is 0 Å². The van der Waals surface area contributed by atoms with Crippen LogP contribution in [0.5, 0.6) is 11.5 Å². The molecular formula is C29H27BrN2O4S2. The smallest absolute Gasteiger partial charge is 0.270 e. The molecule has 0 bridgehead atoms. The minimum atomic E-state index is -0.281. The Balaban J connectivity index is 1.47. The molecule has 0 saturated carbocycles. The van der Waals surface area contributed by atoms with Crippen LogP contribution in [0.15, 0.2) is 57.9 Å². The second-order valence-corrected chi connectivity index (χ2v) is 11.4. The summed E-state index contributed by atoms with van der Waals surface area (Å²) in [5.74, 6) is 0.427. The van der Waals surface area contributed by atoms with Crippen molar-refractivity contribution >= 4 is 73.5 Å². The number of aryl methyl sites for hydroxylation is 2. The van der Waals surface area contributed by atoms with Crippen molar-refractivity contribution in [2.75, 3.05) is 23.9 Å². The van der Waals surface area contributed by atoms with Crippen molar-refractivity contribution in [3.05, 3.63) is 85.7 Å². The summed E-state index contributed by atoms with van der Waals surface area (Å²) in [4.78, 5) is 27.8. The molecule has 1 aliphatic rings. The van der Waals surface area contributed by atoms with Gasteiger partial charge in [-0.05, 0) is 86.4 Å². The van der Waals surface area contributed by atoms with E-state index in [4.69, 9.17) is 21.7 Å². The van der Waals surface area contributed by atoms with Crippen LogP contribution in [0.1, 0.15) is 27.8 Å². The first kappa shape index (κ1) is 27.9. The zero-order valence-electron chi connectivity index (χ0n) is 21.7. The van der Waals surface area contributed by atoms with Gasteiger partial charge in [-0.3, -0.25) is 14.5 Å². The van der Waals surface area contributed by atoms with Crippen LogP contribution in [-0.2, 0) is 9.59 Å². The third-order valence-corrected chi connectivity index (χ3v) is 8.39. The number of carbonyl (C=O) groups is 2. The molecule has 196 valence electrons. The number of methoxy groups -OCH3 is 1. The SMILES string of the molecule is COc1cc(/C=C2\SC(=S)N(c3ccc(C)cc3C)C2=O)ccc1OCC(=O)Nc1ccc(Br)c(C)c1C. The second-order valence-electron chi connectivity index (χ2n) is 8.90. The summed E-state index contributed by atoms with van der Waals surface area (Å²) in [6.45, 7) is 7.74. The van der Waals surface area contributed by atoms with Crippen molar-refractivity contribution in [1.82, 2.24) is 0 Å². The number of thioether (sulfide) groups is 1. The van der Waals surface area contributed by atoms with E-state index in [9.17, 15) is 9.59 Å². The summed E-state index contributed by atoms with van der Waals surface area (Å²) in [6.07, 6.45) is 1.78. The molecule has 1 N–H and O–H groups in total. The fraction of sp³-hybridized carbons (Fsp3) is 0.207. The Morgan fingerprint density at radius 3 is 2.53 bits per heavy atom. The van der Waals surface area contributed by atoms with E-state index in [0.29, 0.717) is 20.7 Å². The van der Waals surface area contributed by atoms with Crippen LogP contribution in [0.25, 0.3) is 6.08 Å². The molecule has 6 nitrogen and oxygen atoms in total. The zero-order chi connectivity index (χ0) is 27.6. The van der Waals surface area contributed by atoms with Crippen molar-refractivity contribution in [2.45, 2.75) is 27.7 Å². The molecule has 1 heterocycles. The number of hydrogen-bond acceptors (Lipinski definition) is 6. The van der Waals surface area contributed by atoms with Gasteiger partial charge in [-0.25, -0.2) is 0 Å². The van der Waals surface area contributed by atoms with Crippen LogP contribution in [-0.4, -0.2) is 29.9 Å². The molecule has 0 spiro atoms. The molecular weight excluding hydrogens is 584 g/mol. The molecule has 38 heavy (non-hydrogen) atoms. The molecule has 0 unspecified atom stereocenters. The van der Waals surface area contributed by atoms with Crippen LogP contribution in [0.2, 0.25) is 0 Å². The van der Waals surface area contributed by atoms with Gasteiger partial charge in [-0.2, -0.15) is 0 Å². The Hall–Kier alpha value is -3.14. The van der Waals surface area contributed by atoms with Gasteiger partial charge in [-0.15, -0.1) is 0 Å². The number of benzene rings is 3. The molecule has 0 aromatic heterocycles. The minimum Gasteiger partial charge on any atom is -0.493 e. The summed E-state index contributed by atoms with van der Waals surface area (Å²) in [7, 11) is 1.53. The normalized spacial score (nSPS) is 14.3. The highest BCUT2D eigenvalue weighted by Crippen LogP contribution is 2.38. The molecule has 0 aliphatic carbocycles. The van der Waals surface area contributed by atoms with Gasteiger partial charge >= 0.3 is 0 Å². The van der Waals surface area contributed by atoms with Crippen molar-refractivity contribution in [1.29, 1.82) is 0 Å². The molecule has 1 fully saturated rings. The maximum absolute atomic E-state index is 13.2. The summed E-state index contributed by atoms with van der Waals surface area (Å²) in [5, 5.41) is 2.89. The zero-order valence-corrected chi connectivity index (χ0v) is 24.9. The molecule has 2 amide bonds. The number of anilines is 2. The van der Waals surface area contributed by atoms with E-state index in [1.165, 1.54) is 18.9 Å². The average molecular weight is 612 g/mol. The number of hydrogen-bond donors (Lipinski definition) is 1. The minimum absolute atomic E-state index is 0.165. The average Bonchev–Trinajstić information content (AvgIpc) is 3.15. The lowest BCUT2D eigenvalue weighted by Crippen LogP contribution is -2.28. The fourth-order valence-electron chi connectivity index (χ4n) is 4.03. The van der Waals surface area contributed by atoms with E-state index in [-0.39, 0.29) is 18.4 Å². The first-order valence-corrected chi connectivity index (χ1v) is 13.8. The molecule has 9 heteroatoms. The first-order valence-electron chi connectivity index (χ1n) is 11.8. The number of thiocarbonyl (C=S) groups is 1. The quantitative estimate of drug-likeness (QED) is 0.227. The van der Waals surface area contributed by atoms with Crippen LogP contribution in [0.4, 0.5) is 11.4 Å². The second kappa shape index (κ2) is 11.7. The lowest BCUT2D eigenvalue weighted by molar-refractivity contribution is -0.118. The summed E-state index contributed by atoms with van der Waals surface area (Å²) in [6, 6.07) is 15.0. The van der Waals surface area contributed by atoms with Gasteiger partial charge in [0.25, 0.3) is 11.8 Å². The molecule has 1 saturated heterocycles. The van der Waals surface area contributed by atoms with Crippen LogP contribution in [0, 0.1) is 27.7 Å². The van der Waals surface area contributed by atoms with E-state index in [1.54, 1.807) is 23.1 Å². The third kappa shape index (κ3) is 5.95. The highest BCUT2D eigenvalue weighted by Gasteiger charge is 2.34. The van der Waals surface area contributed by atoms with Crippen LogP contribution < -0.4 is 19.7 Å². The van der Waals surface area contributed by atoms with E-state index < -0.39 is 0 Å². The largest absolute Gasteiger partial charge is 0.493 e. The monoisotopic (exact) mass is 610 g/mol. The van der Waals surface area contributed by atoms with Gasteiger partial charge < -0.3 is 14.8 Å².